The average molecular weight is 194 g/mol. The van der Waals surface area contributed by atoms with Gasteiger partial charge < -0.3 is 8.53 Å². The summed E-state index contributed by atoms with van der Waals surface area (Å²) in [5, 5.41) is 0. The minimum absolute atomic E-state index is 0.681. The molecule has 0 aliphatic carbocycles. The van der Waals surface area contributed by atoms with Crippen molar-refractivity contribution in [2.75, 3.05) is 6.61 Å². The number of hydrogen-bond acceptors (Lipinski definition) is 2. The van der Waals surface area contributed by atoms with E-state index < -0.39 is 14.5 Å². The first-order chi connectivity index (χ1) is 6.24. The fourth-order valence-corrected chi connectivity index (χ4v) is 1.78. The van der Waals surface area contributed by atoms with E-state index in [1.165, 1.54) is 0 Å². The van der Waals surface area contributed by atoms with Crippen molar-refractivity contribution in [1.29, 1.82) is 0 Å². The molecule has 0 aliphatic heterocycles. The van der Waals surface area contributed by atoms with Crippen LogP contribution in [-0.2, 0) is 0 Å². The Morgan fingerprint density at radius 3 is 2.31 bits per heavy atom. The highest BCUT2D eigenvalue weighted by molar-refractivity contribution is 6.49. The predicted octanol–water partition coefficient (Wildman–Crippen LogP) is 2.72. The van der Waals surface area contributed by atoms with Gasteiger partial charge in [-0.3, -0.25) is 0 Å². The molecule has 1 radical (unpaired) electrons. The quantitative estimate of drug-likeness (QED) is 0.686. The van der Waals surface area contributed by atoms with Crippen LogP contribution in [-0.4, -0.2) is 21.1 Å². The molecule has 1 aromatic carbocycles. The van der Waals surface area contributed by atoms with Crippen molar-refractivity contribution in [3.8, 4) is 11.5 Å². The molecule has 0 atom stereocenters. The van der Waals surface area contributed by atoms with Gasteiger partial charge in [0.1, 0.15) is 0 Å². The van der Waals surface area contributed by atoms with Gasteiger partial charge in [-0.1, -0.05) is 12.1 Å². The van der Waals surface area contributed by atoms with Crippen molar-refractivity contribution in [2.45, 2.75) is 18.5 Å². The maximum Gasteiger partial charge on any atom is 0.214 e. The maximum absolute atomic E-state index is 5.71. The van der Waals surface area contributed by atoms with Crippen LogP contribution in [0.25, 0.3) is 0 Å². The molecule has 0 aromatic heterocycles. The third kappa shape index (κ3) is 3.30. The minimum atomic E-state index is -1.03. The Balaban J connectivity index is 2.78. The summed E-state index contributed by atoms with van der Waals surface area (Å²) in [6, 6.07) is 7.82. The molecule has 0 heterocycles. The molecular formula is C10H15AlO2-. The summed E-state index contributed by atoms with van der Waals surface area (Å²) in [6.45, 7) is 2.66. The van der Waals surface area contributed by atoms with Gasteiger partial charge in [0.05, 0.1) is 12.4 Å². The molecule has 1 rings (SSSR count). The largest absolute Gasteiger partial charge is 0.813 e. The van der Waals surface area contributed by atoms with Crippen LogP contribution in [0.3, 0.4) is 0 Å². The molecule has 0 amide bonds. The second-order valence-electron chi connectivity index (χ2n) is 3.05. The smallest absolute Gasteiger partial charge is 0.214 e. The van der Waals surface area contributed by atoms with E-state index in [-0.39, 0.29) is 0 Å². The van der Waals surface area contributed by atoms with Gasteiger partial charge >= 0.3 is 0 Å². The van der Waals surface area contributed by atoms with Crippen molar-refractivity contribution in [2.24, 2.45) is 0 Å². The Hall–Kier alpha value is -0.648. The van der Waals surface area contributed by atoms with Gasteiger partial charge in [-0.25, -0.2) is 0 Å². The highest BCUT2D eigenvalue weighted by atomic mass is 27.2. The van der Waals surface area contributed by atoms with E-state index in [1.807, 2.05) is 31.2 Å². The van der Waals surface area contributed by atoms with E-state index in [4.69, 9.17) is 8.53 Å². The molecular weight excluding hydrogens is 179 g/mol. The van der Waals surface area contributed by atoms with Gasteiger partial charge in [0.25, 0.3) is 0 Å². The molecule has 2 nitrogen and oxygen atoms in total. The summed E-state index contributed by atoms with van der Waals surface area (Å²) in [5.41, 5.74) is 0. The van der Waals surface area contributed by atoms with Crippen LogP contribution in [0, 0.1) is 0 Å². The van der Waals surface area contributed by atoms with E-state index in [1.54, 1.807) is 0 Å². The first kappa shape index (κ1) is 10.4. The van der Waals surface area contributed by atoms with E-state index in [0.29, 0.717) is 6.61 Å². The van der Waals surface area contributed by atoms with E-state index in [9.17, 15) is 0 Å². The zero-order chi connectivity index (χ0) is 9.68. The maximum atomic E-state index is 5.71. The van der Waals surface area contributed by atoms with Crippen LogP contribution in [0.4, 0.5) is 0 Å². The lowest BCUT2D eigenvalue weighted by Crippen LogP contribution is -2.12. The summed E-state index contributed by atoms with van der Waals surface area (Å²) >= 11 is -1.03. The van der Waals surface area contributed by atoms with Crippen molar-refractivity contribution in [1.82, 2.24) is 0 Å². The Morgan fingerprint density at radius 2 is 1.77 bits per heavy atom. The lowest BCUT2D eigenvalue weighted by atomic mass is 10.3. The Labute approximate surface area is 84.2 Å². The zero-order valence-corrected chi connectivity index (χ0v) is 9.57. The van der Waals surface area contributed by atoms with E-state index >= 15 is 0 Å². The van der Waals surface area contributed by atoms with Gasteiger partial charge in [-0.05, 0) is 19.1 Å². The Kier molecular flexibility index (Phi) is 4.14. The molecule has 0 aliphatic rings. The summed E-state index contributed by atoms with van der Waals surface area (Å²) in [6.07, 6.45) is 0. The molecule has 71 valence electrons. The predicted molar refractivity (Wildman–Crippen MR) is 55.7 cm³/mol. The fraction of sp³-hybridized carbons (Fsp3) is 0.400. The van der Waals surface area contributed by atoms with Gasteiger partial charge in [-0.2, -0.15) is 11.6 Å². The summed E-state index contributed by atoms with van der Waals surface area (Å²) < 4.78 is 11.1. The molecule has 3 heteroatoms. The second kappa shape index (κ2) is 5.16. The number of benzene rings is 1. The zero-order valence-electron chi connectivity index (χ0n) is 8.41. The lowest BCUT2D eigenvalue weighted by Gasteiger charge is -2.23. The highest BCUT2D eigenvalue weighted by Crippen LogP contribution is 2.26. The molecule has 0 bridgehead atoms. The third-order valence-corrected chi connectivity index (χ3v) is 2.24. The third-order valence-electron chi connectivity index (χ3n) is 1.51. The number of hydrogen-bond donors (Lipinski definition) is 0. The monoisotopic (exact) mass is 194 g/mol. The Morgan fingerprint density at radius 1 is 1.15 bits per heavy atom. The van der Waals surface area contributed by atoms with Gasteiger partial charge in [0.15, 0.2) is 5.75 Å². The minimum Gasteiger partial charge on any atom is -0.813 e. The highest BCUT2D eigenvalue weighted by Gasteiger charge is 1.99. The molecule has 0 spiro atoms. The van der Waals surface area contributed by atoms with Crippen LogP contribution >= 0.6 is 0 Å². The summed E-state index contributed by atoms with van der Waals surface area (Å²) in [5.74, 6) is 6.02. The van der Waals surface area contributed by atoms with Gasteiger partial charge in [-0.15, -0.1) is 0 Å². The molecule has 0 N–H and O–H groups in total. The van der Waals surface area contributed by atoms with Crippen molar-refractivity contribution in [3.05, 3.63) is 24.3 Å². The standard InChI is InChI=1S/C8H10O2.2CH3.Al/c1-2-10-8-6-4-3-5-7(8)9;;;/h3-6,9H,2H2,1H3;2*1H3;/p-1. The van der Waals surface area contributed by atoms with Crippen LogP contribution < -0.4 is 8.53 Å². The van der Waals surface area contributed by atoms with Crippen LogP contribution in [0.1, 0.15) is 6.92 Å². The topological polar surface area (TPSA) is 18.5 Å². The Bertz CT molecular complexity index is 261. The van der Waals surface area contributed by atoms with Crippen LogP contribution in [0.15, 0.2) is 24.3 Å². The number of rotatable bonds is 4. The SMILES string of the molecule is CCOc1ccccc1[O][Al-]([CH3])[CH3]. The normalized spacial score (nSPS) is 10.2. The van der Waals surface area contributed by atoms with Gasteiger partial charge in [0, 0.05) is 0 Å². The second-order valence-corrected chi connectivity index (χ2v) is 5.38. The first-order valence-corrected chi connectivity index (χ1v) is 7.40. The molecule has 0 saturated carbocycles. The molecule has 0 unspecified atom stereocenters. The summed E-state index contributed by atoms with van der Waals surface area (Å²) in [4.78, 5) is 0. The number of para-hydroxylation sites is 2. The van der Waals surface area contributed by atoms with E-state index in [0.717, 1.165) is 11.5 Å². The van der Waals surface area contributed by atoms with Crippen molar-refractivity contribution in [3.63, 3.8) is 0 Å². The van der Waals surface area contributed by atoms with Gasteiger partial charge in [0.2, 0.25) is 14.5 Å². The molecule has 0 fully saturated rings. The average Bonchev–Trinajstić information content (AvgIpc) is 2.08. The fourth-order valence-electron chi connectivity index (χ4n) is 1.08. The molecule has 0 saturated heterocycles. The first-order valence-electron chi connectivity index (χ1n) is 4.62. The van der Waals surface area contributed by atoms with Crippen molar-refractivity contribution < 1.29 is 8.53 Å². The molecule has 1 aromatic rings. The number of ether oxygens (including phenoxy) is 1. The molecule has 13 heavy (non-hydrogen) atoms. The summed E-state index contributed by atoms with van der Waals surface area (Å²) in [7, 11) is 0. The lowest BCUT2D eigenvalue weighted by molar-refractivity contribution is 0.328. The van der Waals surface area contributed by atoms with E-state index in [2.05, 4.69) is 11.6 Å². The van der Waals surface area contributed by atoms with Crippen LogP contribution in [0.5, 0.6) is 11.5 Å². The van der Waals surface area contributed by atoms with Crippen molar-refractivity contribution >= 4 is 14.5 Å². The van der Waals surface area contributed by atoms with Crippen LogP contribution in [0.2, 0.25) is 11.6 Å².